The van der Waals surface area contributed by atoms with Crippen molar-refractivity contribution in [3.63, 3.8) is 0 Å². The molecule has 4 amide bonds. The van der Waals surface area contributed by atoms with Crippen LogP contribution in [-0.4, -0.2) is 57.6 Å². The van der Waals surface area contributed by atoms with Crippen LogP contribution in [0, 0.1) is 0 Å². The maximum Gasteiger partial charge on any atom is 0.408 e. The van der Waals surface area contributed by atoms with E-state index >= 15 is 0 Å². The lowest BCUT2D eigenvalue weighted by Gasteiger charge is -2.25. The van der Waals surface area contributed by atoms with Crippen LogP contribution in [0.2, 0.25) is 0 Å². The van der Waals surface area contributed by atoms with Crippen molar-refractivity contribution in [3.05, 3.63) is 130 Å². The lowest BCUT2D eigenvalue weighted by molar-refractivity contribution is -0.132. The number of para-hydroxylation sites is 1. The SMILES string of the molecule is C[C@H](NC(=O)[C@H](Cc1ccc(OCc2ccccc2)cc1)NC(=O)OC(C)(C)C)C(=O)N[C@@H](Cc1c[nH]c2c(Br)cccc12)C(=O)NCc1ccc(O)cc1. The standard InChI is InChI=1S/C42H46BrN5O7/c1-26(38(50)47-36(39(51)45-23-28-13-17-31(49)18-14-28)22-30-24-44-37-33(30)11-8-12-34(37)43)46-40(52)35(48-41(53)55-42(2,3)4)21-27-15-19-32(20-16-27)54-25-29-9-6-5-7-10-29/h5-20,24,26,35-36,44,49H,21-23,25H2,1-4H3,(H,45,51)(H,46,52)(H,47,50)(H,48,53)/t26-,35-,36-/m0/s1. The number of fused-ring (bicyclic) bond motifs is 1. The molecule has 4 aromatic carbocycles. The molecule has 288 valence electrons. The molecule has 55 heavy (non-hydrogen) atoms. The van der Waals surface area contributed by atoms with E-state index in [1.54, 1.807) is 63.4 Å². The number of aromatic nitrogens is 1. The number of rotatable bonds is 15. The summed E-state index contributed by atoms with van der Waals surface area (Å²) in [5, 5.41) is 21.6. The highest BCUT2D eigenvalue weighted by Crippen LogP contribution is 2.26. The smallest absolute Gasteiger partial charge is 0.408 e. The molecule has 1 heterocycles. The fourth-order valence-corrected chi connectivity index (χ4v) is 6.21. The molecule has 0 radical (unpaired) electrons. The third-order valence-electron chi connectivity index (χ3n) is 8.58. The Morgan fingerprint density at radius 1 is 0.745 bits per heavy atom. The summed E-state index contributed by atoms with van der Waals surface area (Å²) in [6, 6.07) is 25.9. The second-order valence-corrected chi connectivity index (χ2v) is 15.0. The van der Waals surface area contributed by atoms with Gasteiger partial charge in [-0.15, -0.1) is 0 Å². The van der Waals surface area contributed by atoms with Gasteiger partial charge in [-0.2, -0.15) is 0 Å². The highest BCUT2D eigenvalue weighted by Gasteiger charge is 2.29. The van der Waals surface area contributed by atoms with Crippen LogP contribution in [0.5, 0.6) is 11.5 Å². The van der Waals surface area contributed by atoms with Crippen LogP contribution in [0.4, 0.5) is 4.79 Å². The second-order valence-electron chi connectivity index (χ2n) is 14.2. The van der Waals surface area contributed by atoms with Gasteiger partial charge in [-0.25, -0.2) is 4.79 Å². The molecule has 0 aliphatic carbocycles. The van der Waals surface area contributed by atoms with Crippen LogP contribution in [0.15, 0.2) is 108 Å². The number of carbonyl (C=O) groups excluding carboxylic acids is 4. The van der Waals surface area contributed by atoms with E-state index in [9.17, 15) is 24.3 Å². The summed E-state index contributed by atoms with van der Waals surface area (Å²) in [6.45, 7) is 7.21. The average Bonchev–Trinajstić information content (AvgIpc) is 3.57. The molecule has 0 unspecified atom stereocenters. The topological polar surface area (TPSA) is 171 Å². The van der Waals surface area contributed by atoms with Crippen LogP contribution in [-0.2, 0) is 45.1 Å². The van der Waals surface area contributed by atoms with E-state index in [1.165, 1.54) is 19.1 Å². The fraction of sp³-hybridized carbons (Fsp3) is 0.286. The van der Waals surface area contributed by atoms with Crippen molar-refractivity contribution in [3.8, 4) is 11.5 Å². The number of hydrogen-bond donors (Lipinski definition) is 6. The Hall–Kier alpha value is -5.82. The summed E-state index contributed by atoms with van der Waals surface area (Å²) in [7, 11) is 0. The van der Waals surface area contributed by atoms with Gasteiger partial charge in [-0.05, 0) is 96.2 Å². The summed E-state index contributed by atoms with van der Waals surface area (Å²) < 4.78 is 12.2. The summed E-state index contributed by atoms with van der Waals surface area (Å²) >= 11 is 3.54. The van der Waals surface area contributed by atoms with Crippen molar-refractivity contribution >= 4 is 50.6 Å². The predicted octanol–water partition coefficient (Wildman–Crippen LogP) is 6.20. The zero-order chi connectivity index (χ0) is 39.5. The van der Waals surface area contributed by atoms with E-state index in [1.807, 2.05) is 48.5 Å². The monoisotopic (exact) mass is 811 g/mol. The van der Waals surface area contributed by atoms with Crippen LogP contribution >= 0.6 is 15.9 Å². The quantitative estimate of drug-likeness (QED) is 0.0731. The highest BCUT2D eigenvalue weighted by atomic mass is 79.9. The van der Waals surface area contributed by atoms with Crippen LogP contribution in [0.1, 0.15) is 49.9 Å². The Kier molecular flexibility index (Phi) is 13.6. The zero-order valence-corrected chi connectivity index (χ0v) is 32.7. The number of H-pyrrole nitrogens is 1. The Bertz CT molecular complexity index is 2080. The zero-order valence-electron chi connectivity index (χ0n) is 31.2. The van der Waals surface area contributed by atoms with Crippen molar-refractivity contribution in [2.45, 2.75) is 77.4 Å². The highest BCUT2D eigenvalue weighted by molar-refractivity contribution is 9.10. The maximum absolute atomic E-state index is 13.7. The summed E-state index contributed by atoms with van der Waals surface area (Å²) in [4.78, 5) is 57.1. The Labute approximate surface area is 328 Å². The van der Waals surface area contributed by atoms with Gasteiger partial charge >= 0.3 is 6.09 Å². The number of benzene rings is 4. The first-order valence-electron chi connectivity index (χ1n) is 17.9. The fourth-order valence-electron chi connectivity index (χ4n) is 5.73. The molecule has 5 rings (SSSR count). The number of carbonyl (C=O) groups is 4. The number of phenolic OH excluding ortho intramolecular Hbond substituents is 1. The molecule has 3 atom stereocenters. The molecule has 0 aliphatic rings. The first-order valence-corrected chi connectivity index (χ1v) is 18.7. The number of nitrogens with one attached hydrogen (secondary N) is 5. The van der Waals surface area contributed by atoms with Gasteiger partial charge in [0.2, 0.25) is 17.7 Å². The Morgan fingerprint density at radius 3 is 2.11 bits per heavy atom. The number of aromatic amines is 1. The average molecular weight is 813 g/mol. The minimum absolute atomic E-state index is 0.0940. The molecule has 0 fully saturated rings. The third kappa shape index (κ3) is 12.1. The number of aromatic hydroxyl groups is 1. The lowest BCUT2D eigenvalue weighted by atomic mass is 10.0. The number of ether oxygens (including phenoxy) is 2. The minimum Gasteiger partial charge on any atom is -0.508 e. The van der Waals surface area contributed by atoms with E-state index in [0.717, 1.165) is 37.6 Å². The lowest BCUT2D eigenvalue weighted by Crippen LogP contribution is -2.56. The molecular formula is C42H46BrN5O7. The maximum atomic E-state index is 13.7. The van der Waals surface area contributed by atoms with E-state index in [0.29, 0.717) is 12.4 Å². The molecule has 0 aliphatic heterocycles. The van der Waals surface area contributed by atoms with Crippen LogP contribution in [0.3, 0.4) is 0 Å². The normalized spacial score (nSPS) is 12.9. The molecule has 13 heteroatoms. The van der Waals surface area contributed by atoms with Crippen molar-refractivity contribution in [1.29, 1.82) is 0 Å². The Balaban J connectivity index is 1.27. The predicted molar refractivity (Wildman–Crippen MR) is 213 cm³/mol. The molecule has 0 bridgehead atoms. The molecule has 6 N–H and O–H groups in total. The molecule has 5 aromatic rings. The molecule has 1 aromatic heterocycles. The van der Waals surface area contributed by atoms with Crippen LogP contribution in [0.25, 0.3) is 10.9 Å². The van der Waals surface area contributed by atoms with Crippen molar-refractivity contribution < 1.29 is 33.8 Å². The second kappa shape index (κ2) is 18.5. The van der Waals surface area contributed by atoms with E-state index in [2.05, 4.69) is 42.2 Å². The number of hydrogen-bond acceptors (Lipinski definition) is 7. The van der Waals surface area contributed by atoms with Gasteiger partial charge in [-0.3, -0.25) is 14.4 Å². The van der Waals surface area contributed by atoms with Crippen molar-refractivity contribution in [1.82, 2.24) is 26.3 Å². The number of halogens is 1. The molecule has 0 spiro atoms. The summed E-state index contributed by atoms with van der Waals surface area (Å²) in [5.74, 6) is -0.916. The largest absolute Gasteiger partial charge is 0.508 e. The van der Waals surface area contributed by atoms with Gasteiger partial charge in [-0.1, -0.05) is 66.7 Å². The van der Waals surface area contributed by atoms with Crippen molar-refractivity contribution in [2.75, 3.05) is 0 Å². The number of amides is 4. The van der Waals surface area contributed by atoms with Gasteiger partial charge in [0.1, 0.15) is 41.8 Å². The van der Waals surface area contributed by atoms with Crippen LogP contribution < -0.4 is 26.0 Å². The van der Waals surface area contributed by atoms with Gasteiger partial charge in [0.15, 0.2) is 0 Å². The molecular weight excluding hydrogens is 766 g/mol. The Morgan fingerprint density at radius 2 is 1.42 bits per heavy atom. The van der Waals surface area contributed by atoms with Gasteiger partial charge < -0.3 is 40.8 Å². The van der Waals surface area contributed by atoms with Gasteiger partial charge in [0, 0.05) is 35.4 Å². The summed E-state index contributed by atoms with van der Waals surface area (Å²) in [6.07, 6.45) is 1.25. The third-order valence-corrected chi connectivity index (χ3v) is 9.24. The minimum atomic E-state index is -1.10. The van der Waals surface area contributed by atoms with Gasteiger partial charge in [0.25, 0.3) is 0 Å². The van der Waals surface area contributed by atoms with Gasteiger partial charge in [0.05, 0.1) is 5.52 Å². The number of phenols is 1. The van der Waals surface area contributed by atoms with Crippen molar-refractivity contribution in [2.24, 2.45) is 0 Å². The van der Waals surface area contributed by atoms with E-state index in [-0.39, 0.29) is 25.1 Å². The molecule has 0 saturated heterocycles. The summed E-state index contributed by atoms with van der Waals surface area (Å²) in [5.41, 5.74) is 3.35. The molecule has 12 nitrogen and oxygen atoms in total. The van der Waals surface area contributed by atoms with E-state index < -0.39 is 47.5 Å². The first kappa shape index (κ1) is 40.4. The number of alkyl carbamates (subject to hydrolysis) is 1. The molecule has 0 saturated carbocycles. The first-order chi connectivity index (χ1) is 26.2. The van der Waals surface area contributed by atoms with E-state index in [4.69, 9.17) is 9.47 Å².